The summed E-state index contributed by atoms with van der Waals surface area (Å²) in [6, 6.07) is 8.88. The van der Waals surface area contributed by atoms with Gasteiger partial charge in [-0.15, -0.1) is 0 Å². The molecule has 1 aromatic rings. The van der Waals surface area contributed by atoms with Crippen LogP contribution in [0.15, 0.2) is 36.4 Å². The summed E-state index contributed by atoms with van der Waals surface area (Å²) in [5, 5.41) is 4.53. The molecule has 1 nitrogen and oxygen atoms in total. The van der Waals surface area contributed by atoms with Crippen molar-refractivity contribution in [2.45, 2.75) is 51.1 Å². The van der Waals surface area contributed by atoms with Gasteiger partial charge in [0, 0.05) is 17.1 Å². The highest BCUT2D eigenvalue weighted by molar-refractivity contribution is 6.31. The lowest BCUT2D eigenvalue weighted by Gasteiger charge is -2.23. The molecular weight excluding hydrogens is 242 g/mol. The van der Waals surface area contributed by atoms with E-state index in [2.05, 4.69) is 30.5 Å². The Hall–Kier alpha value is -0.790. The van der Waals surface area contributed by atoms with E-state index in [1.165, 1.54) is 37.7 Å². The minimum atomic E-state index is 0.299. The van der Waals surface area contributed by atoms with Crippen LogP contribution >= 0.6 is 11.6 Å². The Labute approximate surface area is 115 Å². The fourth-order valence-electron chi connectivity index (χ4n) is 2.54. The van der Waals surface area contributed by atoms with Gasteiger partial charge in [0.2, 0.25) is 0 Å². The molecule has 1 N–H and O–H groups in total. The third kappa shape index (κ3) is 3.86. The van der Waals surface area contributed by atoms with E-state index in [4.69, 9.17) is 11.6 Å². The minimum Gasteiger partial charge on any atom is -0.304 e. The Morgan fingerprint density at radius 3 is 2.89 bits per heavy atom. The molecule has 0 spiro atoms. The van der Waals surface area contributed by atoms with Crippen molar-refractivity contribution < 1.29 is 0 Å². The van der Waals surface area contributed by atoms with E-state index in [1.54, 1.807) is 0 Å². The van der Waals surface area contributed by atoms with Gasteiger partial charge in [0.1, 0.15) is 0 Å². The third-order valence-corrected chi connectivity index (χ3v) is 3.93. The van der Waals surface area contributed by atoms with E-state index in [0.717, 1.165) is 5.02 Å². The molecule has 0 heterocycles. The average Bonchev–Trinajstić information content (AvgIpc) is 2.33. The predicted molar refractivity (Wildman–Crippen MR) is 79.0 cm³/mol. The zero-order valence-electron chi connectivity index (χ0n) is 11.0. The van der Waals surface area contributed by atoms with Gasteiger partial charge in [-0.25, -0.2) is 0 Å². The van der Waals surface area contributed by atoms with Crippen LogP contribution in [-0.2, 0) is 0 Å². The van der Waals surface area contributed by atoms with Gasteiger partial charge in [-0.1, -0.05) is 54.8 Å². The predicted octanol–water partition coefficient (Wildman–Crippen LogP) is 4.88. The highest BCUT2D eigenvalue weighted by atomic mass is 35.5. The van der Waals surface area contributed by atoms with Gasteiger partial charge in [0.25, 0.3) is 0 Å². The van der Waals surface area contributed by atoms with Crippen LogP contribution in [0.3, 0.4) is 0 Å². The maximum atomic E-state index is 6.24. The summed E-state index contributed by atoms with van der Waals surface area (Å²) in [6.45, 7) is 2.19. The molecule has 98 valence electrons. The Morgan fingerprint density at radius 1 is 1.22 bits per heavy atom. The number of rotatable bonds is 3. The number of halogens is 1. The fraction of sp³-hybridized carbons (Fsp3) is 0.500. The molecule has 0 amide bonds. The van der Waals surface area contributed by atoms with E-state index in [9.17, 15) is 0 Å². The van der Waals surface area contributed by atoms with Crippen molar-refractivity contribution in [2.24, 2.45) is 0 Å². The van der Waals surface area contributed by atoms with E-state index in [0.29, 0.717) is 12.1 Å². The summed E-state index contributed by atoms with van der Waals surface area (Å²) >= 11 is 6.24. The lowest BCUT2D eigenvalue weighted by molar-refractivity contribution is 0.462. The molecule has 0 aromatic heterocycles. The molecule has 1 aliphatic rings. The lowest BCUT2D eigenvalue weighted by atomic mass is 10.0. The van der Waals surface area contributed by atoms with Crippen LogP contribution in [0.1, 0.15) is 50.6 Å². The molecule has 2 heteroatoms. The first-order valence-corrected chi connectivity index (χ1v) is 7.32. The van der Waals surface area contributed by atoms with Crippen LogP contribution in [0.4, 0.5) is 0 Å². The van der Waals surface area contributed by atoms with Gasteiger partial charge in [0.15, 0.2) is 0 Å². The Bertz CT molecular complexity index is 400. The maximum Gasteiger partial charge on any atom is 0.0453 e. The molecular formula is C16H22ClN. The highest BCUT2D eigenvalue weighted by Crippen LogP contribution is 2.23. The van der Waals surface area contributed by atoms with Crippen molar-refractivity contribution in [1.29, 1.82) is 0 Å². The summed E-state index contributed by atoms with van der Waals surface area (Å²) < 4.78 is 0. The molecule has 2 rings (SSSR count). The van der Waals surface area contributed by atoms with Crippen LogP contribution in [0, 0.1) is 0 Å². The molecule has 2 unspecified atom stereocenters. The van der Waals surface area contributed by atoms with Crippen LogP contribution < -0.4 is 5.32 Å². The molecule has 1 aromatic carbocycles. The quantitative estimate of drug-likeness (QED) is 0.767. The SMILES string of the molecule is CC(NC1/C=C/CCCCC1)c1ccccc1Cl. The summed E-state index contributed by atoms with van der Waals surface area (Å²) in [5.41, 5.74) is 1.19. The largest absolute Gasteiger partial charge is 0.304 e. The second-order valence-corrected chi connectivity index (χ2v) is 5.49. The summed E-state index contributed by atoms with van der Waals surface area (Å²) in [4.78, 5) is 0. The second-order valence-electron chi connectivity index (χ2n) is 5.08. The van der Waals surface area contributed by atoms with Crippen LogP contribution in [0.25, 0.3) is 0 Å². The number of allylic oxidation sites excluding steroid dienone is 1. The van der Waals surface area contributed by atoms with E-state index < -0.39 is 0 Å². The number of benzene rings is 1. The van der Waals surface area contributed by atoms with Crippen LogP contribution in [-0.4, -0.2) is 6.04 Å². The summed E-state index contributed by atoms with van der Waals surface area (Å²) in [6.07, 6.45) is 11.1. The highest BCUT2D eigenvalue weighted by Gasteiger charge is 2.13. The van der Waals surface area contributed by atoms with Crippen molar-refractivity contribution in [3.8, 4) is 0 Å². The molecule has 0 aliphatic heterocycles. The van der Waals surface area contributed by atoms with Crippen LogP contribution in [0.2, 0.25) is 5.02 Å². The zero-order chi connectivity index (χ0) is 12.8. The van der Waals surface area contributed by atoms with Gasteiger partial charge >= 0.3 is 0 Å². The fourth-order valence-corrected chi connectivity index (χ4v) is 2.84. The lowest BCUT2D eigenvalue weighted by Crippen LogP contribution is -2.30. The Kier molecular flexibility index (Phi) is 5.27. The molecule has 0 saturated carbocycles. The van der Waals surface area contributed by atoms with E-state index >= 15 is 0 Å². The number of nitrogens with one attached hydrogen (secondary N) is 1. The van der Waals surface area contributed by atoms with Crippen molar-refractivity contribution in [3.05, 3.63) is 47.0 Å². The number of hydrogen-bond acceptors (Lipinski definition) is 1. The van der Waals surface area contributed by atoms with Crippen molar-refractivity contribution >= 4 is 11.6 Å². The molecule has 0 radical (unpaired) electrons. The van der Waals surface area contributed by atoms with Gasteiger partial charge in [-0.3, -0.25) is 0 Å². The van der Waals surface area contributed by atoms with Gasteiger partial charge in [-0.05, 0) is 37.8 Å². The molecule has 0 fully saturated rings. The molecule has 2 atom stereocenters. The molecule has 0 bridgehead atoms. The topological polar surface area (TPSA) is 12.0 Å². The first-order valence-electron chi connectivity index (χ1n) is 6.94. The van der Waals surface area contributed by atoms with Crippen molar-refractivity contribution in [2.75, 3.05) is 0 Å². The summed E-state index contributed by atoms with van der Waals surface area (Å²) in [7, 11) is 0. The van der Waals surface area contributed by atoms with Crippen molar-refractivity contribution in [1.82, 2.24) is 5.32 Å². The van der Waals surface area contributed by atoms with Gasteiger partial charge in [0.05, 0.1) is 0 Å². The smallest absolute Gasteiger partial charge is 0.0453 e. The molecule has 1 aliphatic carbocycles. The monoisotopic (exact) mass is 263 g/mol. The maximum absolute atomic E-state index is 6.24. The van der Waals surface area contributed by atoms with Crippen LogP contribution in [0.5, 0.6) is 0 Å². The molecule has 0 saturated heterocycles. The minimum absolute atomic E-state index is 0.299. The standard InChI is InChI=1S/C16H22ClN/c1-13(15-11-7-8-12-16(15)17)18-14-9-5-3-2-4-6-10-14/h5,7-9,11-14,18H,2-4,6,10H2,1H3/b9-5+. The zero-order valence-corrected chi connectivity index (χ0v) is 11.8. The van der Waals surface area contributed by atoms with E-state index in [1.807, 2.05) is 18.2 Å². The van der Waals surface area contributed by atoms with Gasteiger partial charge in [-0.2, -0.15) is 0 Å². The van der Waals surface area contributed by atoms with Crippen molar-refractivity contribution in [3.63, 3.8) is 0 Å². The molecule has 18 heavy (non-hydrogen) atoms. The first kappa shape index (κ1) is 13.6. The Morgan fingerprint density at radius 2 is 2.06 bits per heavy atom. The van der Waals surface area contributed by atoms with Gasteiger partial charge < -0.3 is 5.32 Å². The first-order chi connectivity index (χ1) is 8.77. The number of hydrogen-bond donors (Lipinski definition) is 1. The second kappa shape index (κ2) is 6.96. The average molecular weight is 264 g/mol. The summed E-state index contributed by atoms with van der Waals surface area (Å²) in [5.74, 6) is 0. The third-order valence-electron chi connectivity index (χ3n) is 3.59. The Balaban J connectivity index is 1.99. The van der Waals surface area contributed by atoms with E-state index in [-0.39, 0.29) is 0 Å². The normalized spacial score (nSPS) is 24.0.